The van der Waals surface area contributed by atoms with Crippen LogP contribution in [0, 0.1) is 20.8 Å². The molecule has 0 aliphatic heterocycles. The van der Waals surface area contributed by atoms with E-state index in [-0.39, 0.29) is 5.75 Å². The largest absolute Gasteiger partial charge is 0.508 e. The third kappa shape index (κ3) is 2.42. The molecule has 0 saturated carbocycles. The SMILES string of the molecule is Cc1cc(O)ccc1-c1cccc(-n2c(C)ccc2C)n1. The molecule has 21 heavy (non-hydrogen) atoms. The summed E-state index contributed by atoms with van der Waals surface area (Å²) in [6, 6.07) is 15.6. The molecule has 0 unspecified atom stereocenters. The van der Waals surface area contributed by atoms with Crippen molar-refractivity contribution in [3.63, 3.8) is 0 Å². The fraction of sp³-hybridized carbons (Fsp3) is 0.167. The van der Waals surface area contributed by atoms with Crippen LogP contribution < -0.4 is 0 Å². The van der Waals surface area contributed by atoms with E-state index in [9.17, 15) is 5.11 Å². The Labute approximate surface area is 124 Å². The number of benzene rings is 1. The lowest BCUT2D eigenvalue weighted by Gasteiger charge is -2.11. The Morgan fingerprint density at radius 3 is 2.29 bits per heavy atom. The molecular formula is C18H18N2O. The Kier molecular flexibility index (Phi) is 3.26. The Hall–Kier alpha value is -2.55. The maximum absolute atomic E-state index is 9.54. The summed E-state index contributed by atoms with van der Waals surface area (Å²) in [5.41, 5.74) is 5.30. The van der Waals surface area contributed by atoms with Crippen molar-refractivity contribution < 1.29 is 5.11 Å². The number of pyridine rings is 1. The number of hydrogen-bond acceptors (Lipinski definition) is 2. The van der Waals surface area contributed by atoms with Crippen LogP contribution in [0.5, 0.6) is 5.75 Å². The number of aromatic nitrogens is 2. The monoisotopic (exact) mass is 278 g/mol. The maximum Gasteiger partial charge on any atom is 0.137 e. The third-order valence-corrected chi connectivity index (χ3v) is 3.72. The van der Waals surface area contributed by atoms with Crippen LogP contribution in [0.15, 0.2) is 48.5 Å². The van der Waals surface area contributed by atoms with Gasteiger partial charge < -0.3 is 9.67 Å². The molecule has 3 nitrogen and oxygen atoms in total. The van der Waals surface area contributed by atoms with Gasteiger partial charge in [-0.15, -0.1) is 0 Å². The molecule has 1 aromatic carbocycles. The molecule has 2 heterocycles. The lowest BCUT2D eigenvalue weighted by Crippen LogP contribution is -2.02. The molecule has 0 spiro atoms. The van der Waals surface area contributed by atoms with Gasteiger partial charge in [-0.05, 0) is 68.8 Å². The molecule has 2 aromatic heterocycles. The molecular weight excluding hydrogens is 260 g/mol. The van der Waals surface area contributed by atoms with Gasteiger partial charge in [-0.3, -0.25) is 0 Å². The number of rotatable bonds is 2. The minimum absolute atomic E-state index is 0.282. The highest BCUT2D eigenvalue weighted by Crippen LogP contribution is 2.26. The molecule has 0 radical (unpaired) electrons. The minimum Gasteiger partial charge on any atom is -0.508 e. The molecule has 0 saturated heterocycles. The van der Waals surface area contributed by atoms with Crippen molar-refractivity contribution in [2.45, 2.75) is 20.8 Å². The van der Waals surface area contributed by atoms with E-state index in [0.717, 1.165) is 22.6 Å². The summed E-state index contributed by atoms with van der Waals surface area (Å²) in [6.45, 7) is 6.13. The first-order valence-electron chi connectivity index (χ1n) is 6.98. The minimum atomic E-state index is 0.282. The van der Waals surface area contributed by atoms with Gasteiger partial charge in [0.25, 0.3) is 0 Å². The van der Waals surface area contributed by atoms with Crippen LogP contribution in [0.25, 0.3) is 17.1 Å². The van der Waals surface area contributed by atoms with Crippen LogP contribution in [0.3, 0.4) is 0 Å². The molecule has 3 rings (SSSR count). The van der Waals surface area contributed by atoms with E-state index < -0.39 is 0 Å². The van der Waals surface area contributed by atoms with Gasteiger partial charge in [0, 0.05) is 17.0 Å². The molecule has 3 aromatic rings. The second-order valence-electron chi connectivity index (χ2n) is 5.33. The van der Waals surface area contributed by atoms with Crippen LogP contribution in [0.4, 0.5) is 0 Å². The first-order valence-corrected chi connectivity index (χ1v) is 6.98. The van der Waals surface area contributed by atoms with Crippen LogP contribution in [0.2, 0.25) is 0 Å². The highest BCUT2D eigenvalue weighted by molar-refractivity contribution is 5.65. The lowest BCUT2D eigenvalue weighted by atomic mass is 10.0. The third-order valence-electron chi connectivity index (χ3n) is 3.72. The Morgan fingerprint density at radius 1 is 0.905 bits per heavy atom. The van der Waals surface area contributed by atoms with Crippen molar-refractivity contribution in [3.8, 4) is 22.8 Å². The van der Waals surface area contributed by atoms with E-state index in [2.05, 4.69) is 30.5 Å². The zero-order valence-electron chi connectivity index (χ0n) is 12.5. The summed E-state index contributed by atoms with van der Waals surface area (Å²) in [6.07, 6.45) is 0. The van der Waals surface area contributed by atoms with Crippen molar-refractivity contribution in [2.75, 3.05) is 0 Å². The summed E-state index contributed by atoms with van der Waals surface area (Å²) in [5.74, 6) is 1.20. The number of nitrogens with zero attached hydrogens (tertiary/aromatic N) is 2. The number of hydrogen-bond donors (Lipinski definition) is 1. The fourth-order valence-corrected chi connectivity index (χ4v) is 2.66. The second kappa shape index (κ2) is 5.09. The van der Waals surface area contributed by atoms with E-state index >= 15 is 0 Å². The van der Waals surface area contributed by atoms with Gasteiger partial charge in [-0.2, -0.15) is 0 Å². The smallest absolute Gasteiger partial charge is 0.137 e. The zero-order chi connectivity index (χ0) is 15.0. The van der Waals surface area contributed by atoms with Crippen molar-refractivity contribution in [1.82, 2.24) is 9.55 Å². The summed E-state index contributed by atoms with van der Waals surface area (Å²) < 4.78 is 2.14. The summed E-state index contributed by atoms with van der Waals surface area (Å²) in [5, 5.41) is 9.54. The highest BCUT2D eigenvalue weighted by atomic mass is 16.3. The number of aromatic hydroxyl groups is 1. The topological polar surface area (TPSA) is 38.0 Å². The van der Waals surface area contributed by atoms with E-state index in [1.54, 1.807) is 12.1 Å². The molecule has 0 amide bonds. The number of phenolic OH excluding ortho intramolecular Hbond substituents is 1. The van der Waals surface area contributed by atoms with Gasteiger partial charge in [-0.25, -0.2) is 4.98 Å². The van der Waals surface area contributed by atoms with Crippen molar-refractivity contribution in [2.24, 2.45) is 0 Å². The molecule has 3 heteroatoms. The lowest BCUT2D eigenvalue weighted by molar-refractivity contribution is 0.475. The van der Waals surface area contributed by atoms with Gasteiger partial charge in [0.15, 0.2) is 0 Å². The van der Waals surface area contributed by atoms with Crippen molar-refractivity contribution in [1.29, 1.82) is 0 Å². The van der Waals surface area contributed by atoms with Crippen molar-refractivity contribution in [3.05, 3.63) is 65.5 Å². The van der Waals surface area contributed by atoms with Crippen LogP contribution >= 0.6 is 0 Å². The van der Waals surface area contributed by atoms with Gasteiger partial charge in [0.2, 0.25) is 0 Å². The molecule has 106 valence electrons. The maximum atomic E-state index is 9.54. The van der Waals surface area contributed by atoms with Crippen LogP contribution in [0.1, 0.15) is 17.0 Å². The van der Waals surface area contributed by atoms with Gasteiger partial charge in [-0.1, -0.05) is 6.07 Å². The normalized spacial score (nSPS) is 10.8. The molecule has 0 aliphatic carbocycles. The van der Waals surface area contributed by atoms with E-state index in [1.165, 1.54) is 11.4 Å². The average Bonchev–Trinajstić information content (AvgIpc) is 2.78. The zero-order valence-corrected chi connectivity index (χ0v) is 12.5. The Morgan fingerprint density at radius 2 is 1.62 bits per heavy atom. The van der Waals surface area contributed by atoms with Crippen LogP contribution in [-0.2, 0) is 0 Å². The summed E-state index contributed by atoms with van der Waals surface area (Å²) >= 11 is 0. The van der Waals surface area contributed by atoms with Crippen molar-refractivity contribution >= 4 is 0 Å². The molecule has 0 bridgehead atoms. The number of phenols is 1. The van der Waals surface area contributed by atoms with E-state index in [4.69, 9.17) is 4.98 Å². The fourth-order valence-electron chi connectivity index (χ4n) is 2.66. The van der Waals surface area contributed by atoms with Gasteiger partial charge in [0.05, 0.1) is 5.69 Å². The molecule has 0 atom stereocenters. The first kappa shape index (κ1) is 13.4. The predicted octanol–water partition coefficient (Wildman–Crippen LogP) is 4.17. The molecule has 0 aliphatic rings. The average molecular weight is 278 g/mol. The second-order valence-corrected chi connectivity index (χ2v) is 5.33. The Bertz CT molecular complexity index is 783. The summed E-state index contributed by atoms with van der Waals surface area (Å²) in [4.78, 5) is 4.78. The van der Waals surface area contributed by atoms with E-state index in [1.807, 2.05) is 31.2 Å². The van der Waals surface area contributed by atoms with Crippen LogP contribution in [-0.4, -0.2) is 14.7 Å². The highest BCUT2D eigenvalue weighted by Gasteiger charge is 2.08. The van der Waals surface area contributed by atoms with E-state index in [0.29, 0.717) is 0 Å². The standard InChI is InChI=1S/C18H18N2O/c1-12-11-15(21)9-10-16(12)17-5-4-6-18(19-17)20-13(2)7-8-14(20)3/h4-11,21H,1-3H3. The van der Waals surface area contributed by atoms with Gasteiger partial charge >= 0.3 is 0 Å². The van der Waals surface area contributed by atoms with Gasteiger partial charge in [0.1, 0.15) is 11.6 Å². The molecule has 0 fully saturated rings. The first-order chi connectivity index (χ1) is 10.1. The molecule has 1 N–H and O–H groups in total. The number of aryl methyl sites for hydroxylation is 3. The quantitative estimate of drug-likeness (QED) is 0.764. The summed E-state index contributed by atoms with van der Waals surface area (Å²) in [7, 11) is 0. The Balaban J connectivity index is 2.13. The predicted molar refractivity (Wildman–Crippen MR) is 84.9 cm³/mol.